The van der Waals surface area contributed by atoms with Crippen LogP contribution in [-0.4, -0.2) is 27.3 Å². The molecule has 1 fully saturated rings. The average Bonchev–Trinajstić information content (AvgIpc) is 2.96. The highest BCUT2D eigenvalue weighted by molar-refractivity contribution is 5.89. The summed E-state index contributed by atoms with van der Waals surface area (Å²) in [5.74, 6) is -1.30. The Labute approximate surface area is 88.7 Å². The topological polar surface area (TPSA) is 55.1 Å². The number of hydrogen-bond acceptors (Lipinski definition) is 2. The molecular formula is C9H9F3N2O2. The normalized spacial score (nSPS) is 17.8. The van der Waals surface area contributed by atoms with Gasteiger partial charge in [-0.1, -0.05) is 0 Å². The Morgan fingerprint density at radius 2 is 2.12 bits per heavy atom. The number of rotatable bonds is 4. The van der Waals surface area contributed by atoms with E-state index in [0.29, 0.717) is 4.68 Å². The molecule has 1 aromatic rings. The van der Waals surface area contributed by atoms with Gasteiger partial charge in [-0.15, -0.1) is 0 Å². The van der Waals surface area contributed by atoms with E-state index >= 15 is 0 Å². The molecule has 4 nitrogen and oxygen atoms in total. The molecule has 1 unspecified atom stereocenters. The van der Waals surface area contributed by atoms with Gasteiger partial charge >= 0.3 is 5.97 Å². The highest BCUT2D eigenvalue weighted by Crippen LogP contribution is 2.41. The molecule has 1 saturated carbocycles. The average molecular weight is 234 g/mol. The second-order valence-electron chi connectivity index (χ2n) is 3.69. The number of aromatic nitrogens is 2. The zero-order chi connectivity index (χ0) is 11.9. The van der Waals surface area contributed by atoms with E-state index < -0.39 is 18.7 Å². The van der Waals surface area contributed by atoms with E-state index in [-0.39, 0.29) is 17.2 Å². The lowest BCUT2D eigenvalue weighted by Crippen LogP contribution is -2.13. The Bertz CT molecular complexity index is 415. The molecule has 0 saturated heterocycles. The van der Waals surface area contributed by atoms with Crippen LogP contribution in [0.3, 0.4) is 0 Å². The molecule has 0 aromatic carbocycles. The highest BCUT2D eigenvalue weighted by Gasteiger charge is 2.33. The first-order valence-corrected chi connectivity index (χ1v) is 4.75. The SMILES string of the molecule is O=C(O)c1cn(C(F)C(F)F)nc1C1CC1. The molecule has 0 bridgehead atoms. The van der Waals surface area contributed by atoms with Crippen molar-refractivity contribution < 1.29 is 23.1 Å². The smallest absolute Gasteiger partial charge is 0.339 e. The first-order chi connectivity index (χ1) is 7.50. The summed E-state index contributed by atoms with van der Waals surface area (Å²) in [7, 11) is 0. The third kappa shape index (κ3) is 1.89. The van der Waals surface area contributed by atoms with Crippen molar-refractivity contribution in [1.29, 1.82) is 0 Å². The van der Waals surface area contributed by atoms with Crippen LogP contribution in [0.5, 0.6) is 0 Å². The predicted octanol–water partition coefficient (Wildman–Crippen LogP) is 2.19. The van der Waals surface area contributed by atoms with Crippen LogP contribution in [-0.2, 0) is 0 Å². The van der Waals surface area contributed by atoms with Crippen molar-refractivity contribution in [2.75, 3.05) is 0 Å². The van der Waals surface area contributed by atoms with Gasteiger partial charge in [-0.2, -0.15) is 5.10 Å². The summed E-state index contributed by atoms with van der Waals surface area (Å²) in [6, 6.07) is 0. The van der Waals surface area contributed by atoms with E-state index in [9.17, 15) is 18.0 Å². The number of aromatic carboxylic acids is 1. The van der Waals surface area contributed by atoms with Gasteiger partial charge in [-0.3, -0.25) is 0 Å². The van der Waals surface area contributed by atoms with Crippen molar-refractivity contribution in [3.05, 3.63) is 17.5 Å². The molecule has 0 aliphatic heterocycles. The summed E-state index contributed by atoms with van der Waals surface area (Å²) >= 11 is 0. The van der Waals surface area contributed by atoms with Crippen molar-refractivity contribution in [2.24, 2.45) is 0 Å². The summed E-state index contributed by atoms with van der Waals surface area (Å²) in [5, 5.41) is 12.4. The van der Waals surface area contributed by atoms with E-state index in [2.05, 4.69) is 5.10 Å². The molecule has 7 heteroatoms. The minimum atomic E-state index is -3.21. The molecule has 1 aromatic heterocycles. The van der Waals surface area contributed by atoms with E-state index in [0.717, 1.165) is 19.0 Å². The Balaban J connectivity index is 2.34. The second kappa shape index (κ2) is 3.80. The Morgan fingerprint density at radius 3 is 2.56 bits per heavy atom. The quantitative estimate of drug-likeness (QED) is 0.868. The van der Waals surface area contributed by atoms with E-state index in [4.69, 9.17) is 5.11 Å². The Morgan fingerprint density at radius 1 is 1.50 bits per heavy atom. The zero-order valence-electron chi connectivity index (χ0n) is 8.11. The molecule has 0 spiro atoms. The van der Waals surface area contributed by atoms with Crippen molar-refractivity contribution in [3.8, 4) is 0 Å². The molecule has 1 aliphatic rings. The van der Waals surface area contributed by atoms with Crippen molar-refractivity contribution >= 4 is 5.97 Å². The molecule has 16 heavy (non-hydrogen) atoms. The van der Waals surface area contributed by atoms with Crippen LogP contribution in [0.25, 0.3) is 0 Å². The van der Waals surface area contributed by atoms with Gasteiger partial charge in [0.2, 0.25) is 0 Å². The maximum atomic E-state index is 13.0. The summed E-state index contributed by atoms with van der Waals surface area (Å²) in [6.07, 6.45) is -3.45. The molecule has 0 amide bonds. The molecular weight excluding hydrogens is 225 g/mol. The molecule has 1 heterocycles. The summed E-state index contributed by atoms with van der Waals surface area (Å²) in [6.45, 7) is 0. The van der Waals surface area contributed by atoms with E-state index in [1.807, 2.05) is 0 Å². The number of hydrogen-bond donors (Lipinski definition) is 1. The van der Waals surface area contributed by atoms with E-state index in [1.54, 1.807) is 0 Å². The fraction of sp³-hybridized carbons (Fsp3) is 0.556. The standard InChI is InChI=1S/C9H9F3N2O2/c10-7(11)8(12)14-3-5(9(15)16)6(13-14)4-1-2-4/h3-4,7-8H,1-2H2,(H,15,16). The maximum Gasteiger partial charge on any atom is 0.339 e. The largest absolute Gasteiger partial charge is 0.478 e. The van der Waals surface area contributed by atoms with Crippen LogP contribution in [0.1, 0.15) is 41.1 Å². The van der Waals surface area contributed by atoms with Crippen LogP contribution in [0.2, 0.25) is 0 Å². The van der Waals surface area contributed by atoms with Crippen LogP contribution < -0.4 is 0 Å². The number of carboxylic acids is 1. The van der Waals surface area contributed by atoms with Crippen LogP contribution in [0.4, 0.5) is 13.2 Å². The first kappa shape index (κ1) is 11.0. The molecule has 1 atom stereocenters. The van der Waals surface area contributed by atoms with Gasteiger partial charge < -0.3 is 5.11 Å². The van der Waals surface area contributed by atoms with Crippen LogP contribution >= 0.6 is 0 Å². The van der Waals surface area contributed by atoms with Gasteiger partial charge in [0, 0.05) is 12.1 Å². The fourth-order valence-corrected chi connectivity index (χ4v) is 1.47. The number of carbonyl (C=O) groups is 1. The fourth-order valence-electron chi connectivity index (χ4n) is 1.47. The monoisotopic (exact) mass is 234 g/mol. The molecule has 0 radical (unpaired) electrons. The highest BCUT2D eigenvalue weighted by atomic mass is 19.3. The summed E-state index contributed by atoms with van der Waals surface area (Å²) < 4.78 is 37.5. The van der Waals surface area contributed by atoms with Crippen molar-refractivity contribution in [2.45, 2.75) is 31.5 Å². The van der Waals surface area contributed by atoms with Gasteiger partial charge in [0.25, 0.3) is 12.7 Å². The molecule has 2 rings (SSSR count). The van der Waals surface area contributed by atoms with Crippen LogP contribution in [0, 0.1) is 0 Å². The second-order valence-corrected chi connectivity index (χ2v) is 3.69. The number of carboxylic acid groups (broad SMARTS) is 1. The van der Waals surface area contributed by atoms with Crippen molar-refractivity contribution in [3.63, 3.8) is 0 Å². The lowest BCUT2D eigenvalue weighted by molar-refractivity contribution is 0.000490. The summed E-state index contributed by atoms with van der Waals surface area (Å²) in [5.41, 5.74) is 0.0154. The number of nitrogens with zero attached hydrogens (tertiary/aromatic N) is 2. The van der Waals surface area contributed by atoms with Gasteiger partial charge in [-0.25, -0.2) is 22.6 Å². The van der Waals surface area contributed by atoms with Crippen LogP contribution in [0.15, 0.2) is 6.20 Å². The Kier molecular flexibility index (Phi) is 2.61. The summed E-state index contributed by atoms with van der Waals surface area (Å²) in [4.78, 5) is 10.8. The van der Waals surface area contributed by atoms with Gasteiger partial charge in [0.1, 0.15) is 5.56 Å². The predicted molar refractivity (Wildman–Crippen MR) is 47.3 cm³/mol. The molecule has 1 N–H and O–H groups in total. The molecule has 88 valence electrons. The van der Waals surface area contributed by atoms with Gasteiger partial charge in [0.15, 0.2) is 0 Å². The number of halogens is 3. The lowest BCUT2D eigenvalue weighted by Gasteiger charge is -2.05. The number of alkyl halides is 3. The third-order valence-corrected chi connectivity index (χ3v) is 2.42. The first-order valence-electron chi connectivity index (χ1n) is 4.75. The lowest BCUT2D eigenvalue weighted by atomic mass is 10.2. The third-order valence-electron chi connectivity index (χ3n) is 2.42. The van der Waals surface area contributed by atoms with Gasteiger partial charge in [-0.05, 0) is 12.8 Å². The maximum absolute atomic E-state index is 13.0. The van der Waals surface area contributed by atoms with Gasteiger partial charge in [0.05, 0.1) is 5.69 Å². The Hall–Kier alpha value is -1.53. The molecule has 1 aliphatic carbocycles. The van der Waals surface area contributed by atoms with Crippen molar-refractivity contribution in [1.82, 2.24) is 9.78 Å². The minimum Gasteiger partial charge on any atom is -0.478 e. The zero-order valence-corrected chi connectivity index (χ0v) is 8.11. The minimum absolute atomic E-state index is 0.0303. The van der Waals surface area contributed by atoms with E-state index in [1.165, 1.54) is 0 Å².